The molecule has 1 aromatic rings. The number of tetrazole rings is 1. The Morgan fingerprint density at radius 1 is 1.41 bits per heavy atom. The highest BCUT2D eigenvalue weighted by molar-refractivity contribution is 8.00. The average molecular weight is 257 g/mol. The third kappa shape index (κ3) is 3.19. The summed E-state index contributed by atoms with van der Waals surface area (Å²) in [6.45, 7) is 7.40. The third-order valence-corrected chi connectivity index (χ3v) is 5.11. The molecule has 1 atom stereocenters. The molecule has 0 fully saturated rings. The lowest BCUT2D eigenvalue weighted by Gasteiger charge is -2.29. The number of rotatable bonds is 7. The molecular formula is C11H23N5S. The molecule has 0 spiro atoms. The van der Waals surface area contributed by atoms with Crippen molar-refractivity contribution in [3.8, 4) is 0 Å². The van der Waals surface area contributed by atoms with Gasteiger partial charge in [-0.15, -0.1) is 5.10 Å². The Morgan fingerprint density at radius 2 is 2.06 bits per heavy atom. The van der Waals surface area contributed by atoms with E-state index in [0.717, 1.165) is 25.2 Å². The fourth-order valence-electron chi connectivity index (χ4n) is 1.86. The molecule has 0 bridgehead atoms. The molecule has 1 rings (SSSR count). The molecule has 6 heteroatoms. The van der Waals surface area contributed by atoms with Crippen LogP contribution in [-0.2, 0) is 6.54 Å². The highest BCUT2D eigenvalue weighted by Gasteiger charge is 2.28. The molecule has 1 heterocycles. The van der Waals surface area contributed by atoms with E-state index in [0.29, 0.717) is 0 Å². The fraction of sp³-hybridized carbons (Fsp3) is 0.909. The highest BCUT2D eigenvalue weighted by atomic mass is 32.2. The molecule has 17 heavy (non-hydrogen) atoms. The number of thioether (sulfide) groups is 1. The summed E-state index contributed by atoms with van der Waals surface area (Å²) in [7, 11) is 1.92. The van der Waals surface area contributed by atoms with Crippen LogP contribution in [0.15, 0.2) is 0 Å². The van der Waals surface area contributed by atoms with E-state index >= 15 is 0 Å². The molecule has 0 amide bonds. The molecule has 98 valence electrons. The van der Waals surface area contributed by atoms with E-state index in [1.165, 1.54) is 0 Å². The number of hydrogen-bond donors (Lipinski definition) is 1. The minimum absolute atomic E-state index is 0.179. The van der Waals surface area contributed by atoms with Crippen LogP contribution in [-0.4, -0.2) is 38.3 Å². The van der Waals surface area contributed by atoms with E-state index in [-0.39, 0.29) is 10.8 Å². The van der Waals surface area contributed by atoms with Crippen LogP contribution < -0.4 is 5.32 Å². The van der Waals surface area contributed by atoms with Crippen LogP contribution in [0.25, 0.3) is 0 Å². The van der Waals surface area contributed by atoms with Gasteiger partial charge in [-0.1, -0.05) is 13.8 Å². The van der Waals surface area contributed by atoms with Gasteiger partial charge < -0.3 is 5.32 Å². The summed E-state index contributed by atoms with van der Waals surface area (Å²) in [5.41, 5.74) is 0. The molecule has 1 N–H and O–H groups in total. The molecule has 0 aliphatic rings. The monoisotopic (exact) mass is 257 g/mol. The molecule has 0 aromatic carbocycles. The van der Waals surface area contributed by atoms with Crippen molar-refractivity contribution in [1.82, 2.24) is 25.5 Å². The van der Waals surface area contributed by atoms with E-state index in [1.54, 1.807) is 0 Å². The number of nitrogens with zero attached hydrogens (tertiary/aromatic N) is 4. The molecule has 5 nitrogen and oxygen atoms in total. The zero-order valence-electron chi connectivity index (χ0n) is 11.4. The predicted octanol–water partition coefficient (Wildman–Crippen LogP) is 1.88. The standard InChI is InChI=1S/C11H23N5S/c1-6-11(7-2,17-5)8-16-10(9(3)12-4)13-14-15-16/h9,12H,6-8H2,1-5H3. The average Bonchev–Trinajstić information content (AvgIpc) is 2.83. The Hall–Kier alpha value is -0.620. The second kappa shape index (κ2) is 6.35. The fourth-order valence-corrected chi connectivity index (χ4v) is 2.69. The van der Waals surface area contributed by atoms with Crippen molar-refractivity contribution in [3.63, 3.8) is 0 Å². The molecule has 0 aliphatic heterocycles. The van der Waals surface area contributed by atoms with Crippen molar-refractivity contribution >= 4 is 11.8 Å². The first kappa shape index (κ1) is 14.4. The van der Waals surface area contributed by atoms with Gasteiger partial charge in [0.25, 0.3) is 0 Å². The second-order valence-corrected chi connectivity index (χ2v) is 5.57. The van der Waals surface area contributed by atoms with Crippen molar-refractivity contribution < 1.29 is 0 Å². The molecule has 1 aromatic heterocycles. The molecule has 0 aliphatic carbocycles. The van der Waals surface area contributed by atoms with Crippen LogP contribution in [0.2, 0.25) is 0 Å². The lowest BCUT2D eigenvalue weighted by molar-refractivity contribution is 0.410. The topological polar surface area (TPSA) is 55.6 Å². The van der Waals surface area contributed by atoms with Crippen molar-refractivity contribution in [2.45, 2.75) is 50.9 Å². The SMILES string of the molecule is CCC(CC)(Cn1nnnc1C(C)NC)SC. The lowest BCUT2D eigenvalue weighted by atomic mass is 10.0. The largest absolute Gasteiger partial charge is 0.311 e. The Labute approximate surface area is 108 Å². The van der Waals surface area contributed by atoms with Gasteiger partial charge in [0.05, 0.1) is 12.6 Å². The minimum Gasteiger partial charge on any atom is -0.311 e. The summed E-state index contributed by atoms with van der Waals surface area (Å²) in [4.78, 5) is 0. The van der Waals surface area contributed by atoms with Crippen molar-refractivity contribution in [3.05, 3.63) is 5.82 Å². The van der Waals surface area contributed by atoms with Gasteiger partial charge in [0.2, 0.25) is 0 Å². The Morgan fingerprint density at radius 3 is 2.53 bits per heavy atom. The van der Waals surface area contributed by atoms with Gasteiger partial charge in [-0.25, -0.2) is 4.68 Å². The van der Waals surface area contributed by atoms with E-state index in [1.807, 2.05) is 23.5 Å². The smallest absolute Gasteiger partial charge is 0.167 e. The normalized spacial score (nSPS) is 13.9. The summed E-state index contributed by atoms with van der Waals surface area (Å²) >= 11 is 1.91. The lowest BCUT2D eigenvalue weighted by Crippen LogP contribution is -2.31. The van der Waals surface area contributed by atoms with Crippen LogP contribution in [0, 0.1) is 0 Å². The van der Waals surface area contributed by atoms with E-state index in [4.69, 9.17) is 0 Å². The second-order valence-electron chi connectivity index (χ2n) is 4.30. The predicted molar refractivity (Wildman–Crippen MR) is 72.1 cm³/mol. The van der Waals surface area contributed by atoms with Gasteiger partial charge in [-0.3, -0.25) is 0 Å². The summed E-state index contributed by atoms with van der Waals surface area (Å²) in [5, 5.41) is 15.2. The molecule has 0 radical (unpaired) electrons. The number of hydrogen-bond acceptors (Lipinski definition) is 5. The maximum atomic E-state index is 4.12. The first-order chi connectivity index (χ1) is 8.12. The zero-order valence-corrected chi connectivity index (χ0v) is 12.2. The molecule has 1 unspecified atom stereocenters. The summed E-state index contributed by atoms with van der Waals surface area (Å²) in [6.07, 6.45) is 4.41. The van der Waals surface area contributed by atoms with E-state index < -0.39 is 0 Å². The molecular weight excluding hydrogens is 234 g/mol. The number of aromatic nitrogens is 4. The highest BCUT2D eigenvalue weighted by Crippen LogP contribution is 2.32. The maximum absolute atomic E-state index is 4.12. The first-order valence-electron chi connectivity index (χ1n) is 6.11. The summed E-state index contributed by atoms with van der Waals surface area (Å²) in [5.74, 6) is 0.910. The van der Waals surface area contributed by atoms with Crippen molar-refractivity contribution in [1.29, 1.82) is 0 Å². The minimum atomic E-state index is 0.179. The van der Waals surface area contributed by atoms with Crippen LogP contribution in [0.5, 0.6) is 0 Å². The molecule has 0 saturated heterocycles. The van der Waals surface area contributed by atoms with Gasteiger partial charge in [0.15, 0.2) is 5.82 Å². The third-order valence-electron chi connectivity index (χ3n) is 3.54. The van der Waals surface area contributed by atoms with Gasteiger partial charge >= 0.3 is 0 Å². The van der Waals surface area contributed by atoms with Crippen LogP contribution >= 0.6 is 11.8 Å². The van der Waals surface area contributed by atoms with Crippen LogP contribution in [0.3, 0.4) is 0 Å². The number of nitrogens with one attached hydrogen (secondary N) is 1. The Balaban J connectivity index is 2.90. The van der Waals surface area contributed by atoms with E-state index in [9.17, 15) is 0 Å². The van der Waals surface area contributed by atoms with Gasteiger partial charge in [0.1, 0.15) is 0 Å². The first-order valence-corrected chi connectivity index (χ1v) is 7.33. The zero-order chi connectivity index (χ0) is 12.9. The quantitative estimate of drug-likeness (QED) is 0.808. The van der Waals surface area contributed by atoms with Crippen LogP contribution in [0.1, 0.15) is 45.5 Å². The Bertz CT molecular complexity index is 326. The van der Waals surface area contributed by atoms with Gasteiger partial charge in [-0.05, 0) is 43.5 Å². The van der Waals surface area contributed by atoms with Gasteiger partial charge in [0, 0.05) is 4.75 Å². The maximum Gasteiger partial charge on any atom is 0.167 e. The van der Waals surface area contributed by atoms with Crippen molar-refractivity contribution in [2.75, 3.05) is 13.3 Å². The van der Waals surface area contributed by atoms with Crippen LogP contribution in [0.4, 0.5) is 0 Å². The van der Waals surface area contributed by atoms with Gasteiger partial charge in [-0.2, -0.15) is 11.8 Å². The molecule has 0 saturated carbocycles. The summed E-state index contributed by atoms with van der Waals surface area (Å²) < 4.78 is 2.17. The van der Waals surface area contributed by atoms with E-state index in [2.05, 4.69) is 47.9 Å². The Kier molecular flexibility index (Phi) is 5.39. The summed E-state index contributed by atoms with van der Waals surface area (Å²) in [6, 6.07) is 0.179. The van der Waals surface area contributed by atoms with Crippen molar-refractivity contribution in [2.24, 2.45) is 0 Å².